The monoisotopic (exact) mass is 292 g/mol. The molecule has 1 heterocycles. The van der Waals surface area contributed by atoms with E-state index in [9.17, 15) is 17.6 Å². The number of benzene rings is 2. The smallest absolute Gasteiger partial charge is 0.269 e. The Bertz CT molecular complexity index is 745. The highest BCUT2D eigenvalue weighted by atomic mass is 19.1. The van der Waals surface area contributed by atoms with Gasteiger partial charge in [0.1, 0.15) is 34.6 Å². The van der Waals surface area contributed by atoms with Crippen LogP contribution in [0.15, 0.2) is 48.8 Å². The summed E-state index contributed by atoms with van der Waals surface area (Å²) < 4.78 is 55.6. The molecular formula is C15H8F4N2. The van der Waals surface area contributed by atoms with Crippen LogP contribution in [0.2, 0.25) is 0 Å². The molecule has 0 aliphatic carbocycles. The van der Waals surface area contributed by atoms with Gasteiger partial charge in [-0.2, -0.15) is 0 Å². The minimum absolute atomic E-state index is 0.0673. The lowest BCUT2D eigenvalue weighted by atomic mass is 10.3. The summed E-state index contributed by atoms with van der Waals surface area (Å²) in [6.45, 7) is 0. The molecule has 0 radical (unpaired) electrons. The Hall–Kier alpha value is -2.63. The van der Waals surface area contributed by atoms with Crippen molar-refractivity contribution in [3.05, 3.63) is 78.4 Å². The molecule has 0 spiro atoms. The maximum Gasteiger partial charge on any atom is 0.269 e. The van der Waals surface area contributed by atoms with E-state index < -0.39 is 23.3 Å². The lowest BCUT2D eigenvalue weighted by Crippen LogP contribution is -2.29. The van der Waals surface area contributed by atoms with Gasteiger partial charge in [0.25, 0.3) is 6.33 Å². The summed E-state index contributed by atoms with van der Waals surface area (Å²) >= 11 is 0. The summed E-state index contributed by atoms with van der Waals surface area (Å²) in [7, 11) is 0. The van der Waals surface area contributed by atoms with Crippen molar-refractivity contribution >= 4 is 0 Å². The van der Waals surface area contributed by atoms with Gasteiger partial charge < -0.3 is 0 Å². The maximum absolute atomic E-state index is 13.7. The Morgan fingerprint density at radius 1 is 0.857 bits per heavy atom. The fourth-order valence-electron chi connectivity index (χ4n) is 1.94. The first-order valence-electron chi connectivity index (χ1n) is 5.98. The molecule has 0 aliphatic rings. The summed E-state index contributed by atoms with van der Waals surface area (Å²) in [6.07, 6.45) is 5.53. The van der Waals surface area contributed by atoms with Crippen LogP contribution in [0.3, 0.4) is 0 Å². The molecule has 3 aromatic rings. The van der Waals surface area contributed by atoms with Gasteiger partial charge in [-0.15, -0.1) is 0 Å². The number of hydrogen-bond acceptors (Lipinski definition) is 0. The molecular weight excluding hydrogens is 284 g/mol. The molecule has 1 aromatic heterocycles. The van der Waals surface area contributed by atoms with Crippen molar-refractivity contribution in [1.82, 2.24) is 4.57 Å². The van der Waals surface area contributed by atoms with Gasteiger partial charge in [-0.25, -0.2) is 17.6 Å². The third-order valence-electron chi connectivity index (χ3n) is 2.92. The Kier molecular flexibility index (Phi) is 3.21. The lowest BCUT2D eigenvalue weighted by molar-refractivity contribution is -0.601. The predicted molar refractivity (Wildman–Crippen MR) is 66.0 cm³/mol. The van der Waals surface area contributed by atoms with E-state index in [1.165, 1.54) is 33.7 Å². The lowest BCUT2D eigenvalue weighted by Gasteiger charge is -2.04. The van der Waals surface area contributed by atoms with Crippen molar-refractivity contribution in [2.24, 2.45) is 0 Å². The molecule has 0 unspecified atom stereocenters. The second-order valence-corrected chi connectivity index (χ2v) is 4.33. The van der Waals surface area contributed by atoms with Gasteiger partial charge in [0.05, 0.1) is 0 Å². The van der Waals surface area contributed by atoms with Gasteiger partial charge in [-0.3, -0.25) is 9.13 Å². The molecule has 0 fully saturated rings. The second kappa shape index (κ2) is 5.05. The molecule has 106 valence electrons. The summed E-state index contributed by atoms with van der Waals surface area (Å²) in [5.74, 6) is -2.93. The molecule has 0 atom stereocenters. The van der Waals surface area contributed by atoms with Crippen molar-refractivity contribution in [2.45, 2.75) is 0 Å². The van der Waals surface area contributed by atoms with E-state index in [4.69, 9.17) is 0 Å². The van der Waals surface area contributed by atoms with E-state index >= 15 is 0 Å². The van der Waals surface area contributed by atoms with E-state index in [2.05, 4.69) is 6.33 Å². The highest BCUT2D eigenvalue weighted by Crippen LogP contribution is 2.14. The van der Waals surface area contributed by atoms with Crippen molar-refractivity contribution in [2.75, 3.05) is 0 Å². The SMILES string of the molecule is Fc1ccc(-n2[c-][n+](-c3ccc(F)cc3F)cc2)c(F)c1. The number of imidazole rings is 1. The molecule has 3 rings (SSSR count). The van der Waals surface area contributed by atoms with E-state index in [0.29, 0.717) is 0 Å². The van der Waals surface area contributed by atoms with Crippen molar-refractivity contribution in [3.63, 3.8) is 0 Å². The van der Waals surface area contributed by atoms with Crippen molar-refractivity contribution in [1.29, 1.82) is 0 Å². The largest absolute Gasteiger partial charge is 0.296 e. The summed E-state index contributed by atoms with van der Waals surface area (Å²) in [5.41, 5.74) is 0.135. The van der Waals surface area contributed by atoms with Crippen LogP contribution in [0.1, 0.15) is 0 Å². The van der Waals surface area contributed by atoms with E-state index in [1.54, 1.807) is 0 Å². The molecule has 6 heteroatoms. The molecule has 0 saturated carbocycles. The Labute approximate surface area is 117 Å². The molecule has 0 aliphatic heterocycles. The van der Waals surface area contributed by atoms with Crippen LogP contribution >= 0.6 is 0 Å². The molecule has 2 nitrogen and oxygen atoms in total. The molecule has 21 heavy (non-hydrogen) atoms. The fraction of sp³-hybridized carbons (Fsp3) is 0. The first-order chi connectivity index (χ1) is 10.0. The number of rotatable bonds is 2. The zero-order chi connectivity index (χ0) is 15.0. The number of nitrogens with zero attached hydrogens (tertiary/aromatic N) is 2. The van der Waals surface area contributed by atoms with E-state index in [-0.39, 0.29) is 11.4 Å². The van der Waals surface area contributed by atoms with Gasteiger partial charge in [0.2, 0.25) is 0 Å². The molecule has 0 saturated heterocycles. The summed E-state index contributed by atoms with van der Waals surface area (Å²) in [4.78, 5) is 0. The van der Waals surface area contributed by atoms with Crippen LogP contribution in [0.5, 0.6) is 0 Å². The Balaban J connectivity index is 2.03. The summed E-state index contributed by atoms with van der Waals surface area (Å²) in [5, 5.41) is 0. The third-order valence-corrected chi connectivity index (χ3v) is 2.92. The average molecular weight is 292 g/mol. The zero-order valence-corrected chi connectivity index (χ0v) is 10.5. The number of hydrogen-bond donors (Lipinski definition) is 0. The Morgan fingerprint density at radius 3 is 2.19 bits per heavy atom. The molecule has 0 bridgehead atoms. The molecule has 0 N–H and O–H groups in total. The maximum atomic E-state index is 13.7. The number of aromatic nitrogens is 2. The zero-order valence-electron chi connectivity index (χ0n) is 10.5. The standard InChI is InChI=1S/C15H8F4N2/c16-10-1-3-14(12(18)7-10)20-5-6-21(9-20)15-4-2-11(17)8-13(15)19/h1-8H. The van der Waals surface area contributed by atoms with Gasteiger partial charge in [0.15, 0.2) is 0 Å². The van der Waals surface area contributed by atoms with Crippen LogP contribution in [-0.2, 0) is 0 Å². The highest BCUT2D eigenvalue weighted by Gasteiger charge is 2.11. The fourth-order valence-corrected chi connectivity index (χ4v) is 1.94. The quantitative estimate of drug-likeness (QED) is 0.390. The number of halogens is 4. The van der Waals surface area contributed by atoms with Gasteiger partial charge >= 0.3 is 0 Å². The first kappa shape index (κ1) is 13.4. The second-order valence-electron chi connectivity index (χ2n) is 4.33. The van der Waals surface area contributed by atoms with E-state index in [0.717, 1.165) is 24.3 Å². The van der Waals surface area contributed by atoms with Crippen molar-refractivity contribution in [3.8, 4) is 11.4 Å². The van der Waals surface area contributed by atoms with Crippen LogP contribution in [0, 0.1) is 29.6 Å². The van der Waals surface area contributed by atoms with Gasteiger partial charge in [-0.05, 0) is 24.3 Å². The van der Waals surface area contributed by atoms with Crippen LogP contribution in [0.25, 0.3) is 11.4 Å². The normalized spacial score (nSPS) is 10.9. The average Bonchev–Trinajstić information content (AvgIpc) is 2.87. The van der Waals surface area contributed by atoms with E-state index in [1.807, 2.05) is 0 Å². The predicted octanol–water partition coefficient (Wildman–Crippen LogP) is 3.11. The van der Waals surface area contributed by atoms with Gasteiger partial charge in [-0.1, -0.05) is 0 Å². The van der Waals surface area contributed by atoms with Crippen LogP contribution in [0.4, 0.5) is 17.6 Å². The third kappa shape index (κ3) is 2.52. The topological polar surface area (TPSA) is 8.81 Å². The minimum atomic E-state index is -0.770. The molecule has 0 amide bonds. The highest BCUT2D eigenvalue weighted by molar-refractivity contribution is 5.33. The minimum Gasteiger partial charge on any atom is -0.296 e. The van der Waals surface area contributed by atoms with Crippen molar-refractivity contribution < 1.29 is 22.1 Å². The summed E-state index contributed by atoms with van der Waals surface area (Å²) in [6, 6.07) is 6.18. The van der Waals surface area contributed by atoms with Crippen LogP contribution in [-0.4, -0.2) is 4.57 Å². The Morgan fingerprint density at radius 2 is 1.52 bits per heavy atom. The molecule has 2 aromatic carbocycles. The van der Waals surface area contributed by atoms with Crippen LogP contribution < -0.4 is 4.57 Å². The first-order valence-corrected chi connectivity index (χ1v) is 5.98. The van der Waals surface area contributed by atoms with Gasteiger partial charge in [0, 0.05) is 24.5 Å².